The highest BCUT2D eigenvalue weighted by Gasteiger charge is 2.15. The highest BCUT2D eigenvalue weighted by Crippen LogP contribution is 2.24. The van der Waals surface area contributed by atoms with Crippen LogP contribution < -0.4 is 4.74 Å². The summed E-state index contributed by atoms with van der Waals surface area (Å²) in [5, 5.41) is 9.21. The van der Waals surface area contributed by atoms with Crippen LogP contribution in [0.4, 0.5) is 4.39 Å². The molecule has 0 heterocycles. The minimum absolute atomic E-state index is 0.135. The maximum atomic E-state index is 13.9. The molecule has 34 heavy (non-hydrogen) atoms. The number of aromatic carboxylic acids is 1. The third-order valence-corrected chi connectivity index (χ3v) is 5.90. The zero-order chi connectivity index (χ0) is 24.3. The van der Waals surface area contributed by atoms with Gasteiger partial charge in [-0.2, -0.15) is 0 Å². The molecule has 0 aromatic heterocycles. The van der Waals surface area contributed by atoms with E-state index in [1.165, 1.54) is 12.1 Å². The quantitative estimate of drug-likeness (QED) is 0.281. The smallest absolute Gasteiger partial charge is 0.336 e. The third kappa shape index (κ3) is 7.33. The largest absolute Gasteiger partial charge is 0.484 e. The number of carbonyl (C=O) groups excluding carboxylic acids is 1. The zero-order valence-corrected chi connectivity index (χ0v) is 19.6. The van der Waals surface area contributed by atoms with Crippen molar-refractivity contribution in [3.8, 4) is 5.75 Å². The van der Waals surface area contributed by atoms with Crippen LogP contribution in [0.3, 0.4) is 0 Å². The van der Waals surface area contributed by atoms with Crippen molar-refractivity contribution >= 4 is 23.9 Å². The fourth-order valence-corrected chi connectivity index (χ4v) is 3.85. The van der Waals surface area contributed by atoms with Gasteiger partial charge in [-0.05, 0) is 49.2 Å². The summed E-state index contributed by atoms with van der Waals surface area (Å²) in [7, 11) is 0. The van der Waals surface area contributed by atoms with Crippen LogP contribution in [0.5, 0.6) is 5.75 Å². The molecule has 1 N–H and O–H groups in total. The Kier molecular flexibility index (Phi) is 9.49. The molecule has 0 saturated heterocycles. The summed E-state index contributed by atoms with van der Waals surface area (Å²) >= 11 is 1.04. The zero-order valence-electron chi connectivity index (χ0n) is 18.8. The van der Waals surface area contributed by atoms with E-state index in [0.29, 0.717) is 35.8 Å². The highest BCUT2D eigenvalue weighted by atomic mass is 32.2. The van der Waals surface area contributed by atoms with Gasteiger partial charge in [-0.3, -0.25) is 4.79 Å². The lowest BCUT2D eigenvalue weighted by Crippen LogP contribution is -2.34. The molecule has 0 aliphatic rings. The number of ether oxygens (including phenoxy) is 1. The first kappa shape index (κ1) is 25.3. The lowest BCUT2D eigenvalue weighted by Gasteiger charge is -2.21. The van der Waals surface area contributed by atoms with Crippen LogP contribution in [0.1, 0.15) is 28.4 Å². The summed E-state index contributed by atoms with van der Waals surface area (Å²) in [6, 6.07) is 20.4. The molecule has 0 fully saturated rings. The Morgan fingerprint density at radius 3 is 2.41 bits per heavy atom. The van der Waals surface area contributed by atoms with E-state index in [-0.39, 0.29) is 30.4 Å². The second kappa shape index (κ2) is 12.8. The standard InChI is InChI=1S/C26H26FNO5S/c1-2-28(17-20-7-3-5-9-23(20)27)25(29)18-32-21-13-11-19(12-14-21)15-16-33-34-24-10-6-4-8-22(24)26(30)31/h3-14H,2,15-18H2,1H3,(H,30,31). The number of likely N-dealkylation sites (N-methyl/N-ethyl adjacent to an activating group) is 1. The summed E-state index contributed by atoms with van der Waals surface area (Å²) < 4.78 is 25.1. The van der Waals surface area contributed by atoms with Gasteiger partial charge in [0.2, 0.25) is 0 Å². The minimum atomic E-state index is -0.991. The summed E-state index contributed by atoms with van der Waals surface area (Å²) in [6.45, 7) is 2.75. The van der Waals surface area contributed by atoms with Gasteiger partial charge in [0.1, 0.15) is 11.6 Å². The molecule has 0 atom stereocenters. The molecule has 0 spiro atoms. The van der Waals surface area contributed by atoms with Gasteiger partial charge in [0.25, 0.3) is 5.91 Å². The van der Waals surface area contributed by atoms with Gasteiger partial charge in [-0.25, -0.2) is 9.18 Å². The molecule has 0 saturated carbocycles. The lowest BCUT2D eigenvalue weighted by atomic mass is 10.1. The van der Waals surface area contributed by atoms with Crippen molar-refractivity contribution in [2.75, 3.05) is 19.8 Å². The number of hydrogen-bond acceptors (Lipinski definition) is 5. The molecule has 0 radical (unpaired) electrons. The number of rotatable bonds is 12. The molecule has 178 valence electrons. The Labute approximate surface area is 202 Å². The normalized spacial score (nSPS) is 10.6. The Balaban J connectivity index is 1.43. The summed E-state index contributed by atoms with van der Waals surface area (Å²) in [5.74, 6) is -0.986. The molecule has 0 unspecified atom stereocenters. The second-order valence-electron chi connectivity index (χ2n) is 7.39. The van der Waals surface area contributed by atoms with Gasteiger partial charge in [-0.1, -0.05) is 42.5 Å². The van der Waals surface area contributed by atoms with Crippen molar-refractivity contribution in [2.45, 2.75) is 24.8 Å². The molecular weight excluding hydrogens is 457 g/mol. The van der Waals surface area contributed by atoms with Crippen LogP contribution in [0.25, 0.3) is 0 Å². The number of carboxylic acid groups (broad SMARTS) is 1. The van der Waals surface area contributed by atoms with E-state index in [0.717, 1.165) is 17.6 Å². The fraction of sp³-hybridized carbons (Fsp3) is 0.231. The van der Waals surface area contributed by atoms with E-state index >= 15 is 0 Å². The SMILES string of the molecule is CCN(Cc1ccccc1F)C(=O)COc1ccc(CCOSc2ccccc2C(=O)O)cc1. The third-order valence-electron chi connectivity index (χ3n) is 5.08. The Bertz CT molecular complexity index is 1110. The van der Waals surface area contributed by atoms with Crippen molar-refractivity contribution in [1.82, 2.24) is 4.90 Å². The van der Waals surface area contributed by atoms with Crippen molar-refractivity contribution in [1.29, 1.82) is 0 Å². The van der Waals surface area contributed by atoms with Crippen LogP contribution in [0.15, 0.2) is 77.7 Å². The van der Waals surface area contributed by atoms with E-state index in [2.05, 4.69) is 0 Å². The number of halogens is 1. The molecule has 1 amide bonds. The number of hydrogen-bond donors (Lipinski definition) is 1. The average molecular weight is 484 g/mol. The Hall–Kier alpha value is -3.36. The minimum Gasteiger partial charge on any atom is -0.484 e. The van der Waals surface area contributed by atoms with Gasteiger partial charge in [0, 0.05) is 35.6 Å². The molecule has 0 aliphatic heterocycles. The van der Waals surface area contributed by atoms with E-state index in [1.54, 1.807) is 53.4 Å². The molecule has 3 aromatic rings. The molecule has 0 bridgehead atoms. The average Bonchev–Trinajstić information content (AvgIpc) is 2.85. The molecule has 6 nitrogen and oxygen atoms in total. The van der Waals surface area contributed by atoms with Crippen molar-refractivity contribution in [2.24, 2.45) is 0 Å². The Morgan fingerprint density at radius 2 is 1.71 bits per heavy atom. The topological polar surface area (TPSA) is 76.1 Å². The van der Waals surface area contributed by atoms with E-state index in [1.807, 2.05) is 19.1 Å². The lowest BCUT2D eigenvalue weighted by molar-refractivity contribution is -0.133. The summed E-state index contributed by atoms with van der Waals surface area (Å²) in [4.78, 5) is 25.8. The second-order valence-corrected chi connectivity index (χ2v) is 8.23. The predicted molar refractivity (Wildman–Crippen MR) is 128 cm³/mol. The van der Waals surface area contributed by atoms with E-state index < -0.39 is 5.97 Å². The maximum Gasteiger partial charge on any atom is 0.336 e. The molecule has 8 heteroatoms. The van der Waals surface area contributed by atoms with Crippen LogP contribution in [-0.2, 0) is 21.9 Å². The van der Waals surface area contributed by atoms with Crippen LogP contribution >= 0.6 is 12.0 Å². The monoisotopic (exact) mass is 483 g/mol. The molecule has 0 aliphatic carbocycles. The first-order valence-corrected chi connectivity index (χ1v) is 11.6. The molecule has 3 aromatic carbocycles. The highest BCUT2D eigenvalue weighted by molar-refractivity contribution is 7.94. The van der Waals surface area contributed by atoms with Crippen molar-refractivity contribution < 1.29 is 28.0 Å². The molecular formula is C26H26FNO5S. The number of carbonyl (C=O) groups is 2. The first-order chi connectivity index (χ1) is 16.5. The maximum absolute atomic E-state index is 13.9. The van der Waals surface area contributed by atoms with Crippen molar-refractivity contribution in [3.63, 3.8) is 0 Å². The predicted octanol–water partition coefficient (Wildman–Crippen LogP) is 5.22. The van der Waals surface area contributed by atoms with Crippen LogP contribution in [0.2, 0.25) is 0 Å². The van der Waals surface area contributed by atoms with Crippen molar-refractivity contribution in [3.05, 3.63) is 95.3 Å². The van der Waals surface area contributed by atoms with Crippen LogP contribution in [0, 0.1) is 5.82 Å². The van der Waals surface area contributed by atoms with Gasteiger partial charge in [0.05, 0.1) is 12.2 Å². The number of carboxylic acids is 1. The Morgan fingerprint density at radius 1 is 1.00 bits per heavy atom. The molecule has 3 rings (SSSR count). The summed E-state index contributed by atoms with van der Waals surface area (Å²) in [5.41, 5.74) is 1.69. The van der Waals surface area contributed by atoms with Gasteiger partial charge in [-0.15, -0.1) is 0 Å². The number of benzene rings is 3. The fourth-order valence-electron chi connectivity index (χ4n) is 3.18. The van der Waals surface area contributed by atoms with E-state index in [9.17, 15) is 19.1 Å². The van der Waals surface area contributed by atoms with Gasteiger partial charge < -0.3 is 18.9 Å². The van der Waals surface area contributed by atoms with Gasteiger partial charge >= 0.3 is 5.97 Å². The first-order valence-electron chi connectivity index (χ1n) is 10.8. The number of nitrogens with zero attached hydrogens (tertiary/aromatic N) is 1. The van der Waals surface area contributed by atoms with Crippen LogP contribution in [-0.4, -0.2) is 41.6 Å². The number of amides is 1. The van der Waals surface area contributed by atoms with Gasteiger partial charge in [0.15, 0.2) is 6.61 Å². The van der Waals surface area contributed by atoms with E-state index in [4.69, 9.17) is 8.92 Å². The summed E-state index contributed by atoms with van der Waals surface area (Å²) in [6.07, 6.45) is 0.633.